The standard InChI is InChI=1S/C15H24N6O/c1-21(6-4-11-8-17-18-9-11)15(22)14-7-13(19-20-14)12-3-2-5-16-10-12/h2-3,5,10-11,13-14,17-20H,4,6-9H2,1H3. The Kier molecular flexibility index (Phi) is 4.99. The fourth-order valence-corrected chi connectivity index (χ4v) is 2.98. The number of hydrogen-bond donors (Lipinski definition) is 4. The highest BCUT2D eigenvalue weighted by molar-refractivity contribution is 5.82. The van der Waals surface area contributed by atoms with Gasteiger partial charge in [-0.25, -0.2) is 10.9 Å². The maximum atomic E-state index is 12.5. The predicted octanol–water partition coefficient (Wildman–Crippen LogP) is -0.438. The number of likely N-dealkylation sites (N-methyl/N-ethyl adjacent to an activating group) is 1. The quantitative estimate of drug-likeness (QED) is 0.591. The molecule has 2 unspecified atom stereocenters. The summed E-state index contributed by atoms with van der Waals surface area (Å²) in [5, 5.41) is 0. The van der Waals surface area contributed by atoms with Gasteiger partial charge in [0, 0.05) is 45.1 Å². The van der Waals surface area contributed by atoms with E-state index in [1.807, 2.05) is 30.3 Å². The lowest BCUT2D eigenvalue weighted by Gasteiger charge is -2.22. The summed E-state index contributed by atoms with van der Waals surface area (Å²) in [4.78, 5) is 18.5. The van der Waals surface area contributed by atoms with Crippen LogP contribution in [0.4, 0.5) is 0 Å². The van der Waals surface area contributed by atoms with Gasteiger partial charge in [0.1, 0.15) is 6.04 Å². The van der Waals surface area contributed by atoms with Crippen LogP contribution in [0.2, 0.25) is 0 Å². The van der Waals surface area contributed by atoms with Gasteiger partial charge in [0.15, 0.2) is 0 Å². The van der Waals surface area contributed by atoms with E-state index in [0.29, 0.717) is 5.92 Å². The van der Waals surface area contributed by atoms with Gasteiger partial charge in [0.05, 0.1) is 0 Å². The van der Waals surface area contributed by atoms with Crippen molar-refractivity contribution >= 4 is 5.91 Å². The fourth-order valence-electron chi connectivity index (χ4n) is 2.98. The van der Waals surface area contributed by atoms with Crippen LogP contribution in [0.3, 0.4) is 0 Å². The van der Waals surface area contributed by atoms with Gasteiger partial charge in [0.25, 0.3) is 0 Å². The highest BCUT2D eigenvalue weighted by atomic mass is 16.2. The van der Waals surface area contributed by atoms with E-state index in [-0.39, 0.29) is 18.0 Å². The van der Waals surface area contributed by atoms with Crippen molar-refractivity contribution in [1.29, 1.82) is 0 Å². The summed E-state index contributed by atoms with van der Waals surface area (Å²) in [6, 6.07) is 3.92. The van der Waals surface area contributed by atoms with E-state index in [2.05, 4.69) is 26.7 Å². The first-order chi connectivity index (χ1) is 10.7. The molecule has 4 N–H and O–H groups in total. The van der Waals surface area contributed by atoms with Gasteiger partial charge in [-0.05, 0) is 30.4 Å². The maximum Gasteiger partial charge on any atom is 0.240 e. The van der Waals surface area contributed by atoms with Gasteiger partial charge in [-0.3, -0.25) is 20.6 Å². The number of nitrogens with zero attached hydrogens (tertiary/aromatic N) is 2. The SMILES string of the molecule is CN(CCC1CNNC1)C(=O)C1CC(c2cccnc2)NN1. The highest BCUT2D eigenvalue weighted by Gasteiger charge is 2.32. The van der Waals surface area contributed by atoms with E-state index >= 15 is 0 Å². The Hall–Kier alpha value is -1.54. The highest BCUT2D eigenvalue weighted by Crippen LogP contribution is 2.22. The van der Waals surface area contributed by atoms with Gasteiger partial charge >= 0.3 is 0 Å². The molecule has 2 aliphatic rings. The van der Waals surface area contributed by atoms with Crippen molar-refractivity contribution in [2.24, 2.45) is 5.92 Å². The number of pyridine rings is 1. The van der Waals surface area contributed by atoms with E-state index in [9.17, 15) is 4.79 Å². The maximum absolute atomic E-state index is 12.5. The zero-order valence-electron chi connectivity index (χ0n) is 12.9. The molecular formula is C15H24N6O. The molecule has 0 saturated carbocycles. The number of aromatic nitrogens is 1. The molecule has 0 radical (unpaired) electrons. The molecule has 0 spiro atoms. The lowest BCUT2D eigenvalue weighted by Crippen LogP contribution is -2.44. The molecule has 0 bridgehead atoms. The van der Waals surface area contributed by atoms with Crippen molar-refractivity contribution < 1.29 is 4.79 Å². The molecule has 1 amide bonds. The van der Waals surface area contributed by atoms with Crippen LogP contribution in [0.15, 0.2) is 24.5 Å². The Labute approximate surface area is 130 Å². The van der Waals surface area contributed by atoms with Crippen molar-refractivity contribution in [3.8, 4) is 0 Å². The molecule has 3 heterocycles. The topological polar surface area (TPSA) is 81.3 Å². The lowest BCUT2D eigenvalue weighted by molar-refractivity contribution is -0.132. The monoisotopic (exact) mass is 304 g/mol. The van der Waals surface area contributed by atoms with E-state index in [4.69, 9.17) is 0 Å². The van der Waals surface area contributed by atoms with E-state index in [1.165, 1.54) is 0 Å². The van der Waals surface area contributed by atoms with Crippen LogP contribution in [0.25, 0.3) is 0 Å². The van der Waals surface area contributed by atoms with Crippen LogP contribution in [-0.4, -0.2) is 48.5 Å². The Morgan fingerprint density at radius 3 is 2.91 bits per heavy atom. The molecule has 22 heavy (non-hydrogen) atoms. The van der Waals surface area contributed by atoms with Gasteiger partial charge in [-0.2, -0.15) is 0 Å². The molecule has 1 aromatic heterocycles. The molecule has 2 fully saturated rings. The molecular weight excluding hydrogens is 280 g/mol. The van der Waals surface area contributed by atoms with E-state index < -0.39 is 0 Å². The number of carbonyl (C=O) groups excluding carboxylic acids is 1. The Balaban J connectivity index is 1.48. The zero-order valence-corrected chi connectivity index (χ0v) is 12.9. The minimum absolute atomic E-state index is 0.138. The molecule has 0 aromatic carbocycles. The molecule has 7 nitrogen and oxygen atoms in total. The summed E-state index contributed by atoms with van der Waals surface area (Å²) in [6.07, 6.45) is 5.38. The summed E-state index contributed by atoms with van der Waals surface area (Å²) < 4.78 is 0. The second-order valence-electron chi connectivity index (χ2n) is 6.09. The van der Waals surface area contributed by atoms with Crippen LogP contribution in [0.5, 0.6) is 0 Å². The van der Waals surface area contributed by atoms with Crippen molar-refractivity contribution in [1.82, 2.24) is 31.6 Å². The molecule has 1 aromatic rings. The molecule has 2 atom stereocenters. The number of carbonyl (C=O) groups is 1. The van der Waals surface area contributed by atoms with Crippen molar-refractivity contribution in [3.05, 3.63) is 30.1 Å². The molecule has 3 rings (SSSR count). The smallest absolute Gasteiger partial charge is 0.240 e. The minimum atomic E-state index is -0.171. The zero-order chi connectivity index (χ0) is 15.4. The van der Waals surface area contributed by atoms with Crippen molar-refractivity contribution in [3.63, 3.8) is 0 Å². The number of hydrogen-bond acceptors (Lipinski definition) is 6. The summed E-state index contributed by atoms with van der Waals surface area (Å²) in [7, 11) is 1.89. The molecule has 2 saturated heterocycles. The first-order valence-electron chi connectivity index (χ1n) is 7.85. The minimum Gasteiger partial charge on any atom is -0.344 e. The summed E-state index contributed by atoms with van der Waals surface area (Å²) in [5.41, 5.74) is 13.7. The number of hydrazine groups is 2. The fraction of sp³-hybridized carbons (Fsp3) is 0.600. The molecule has 120 valence electrons. The van der Waals surface area contributed by atoms with Gasteiger partial charge in [0.2, 0.25) is 5.91 Å². The molecule has 0 aliphatic carbocycles. The lowest BCUT2D eigenvalue weighted by atomic mass is 10.0. The Bertz CT molecular complexity index is 490. The second-order valence-corrected chi connectivity index (χ2v) is 6.09. The van der Waals surface area contributed by atoms with E-state index in [0.717, 1.165) is 38.0 Å². The van der Waals surface area contributed by atoms with Crippen LogP contribution < -0.4 is 21.7 Å². The van der Waals surface area contributed by atoms with Crippen LogP contribution in [0.1, 0.15) is 24.4 Å². The van der Waals surface area contributed by atoms with Crippen LogP contribution >= 0.6 is 0 Å². The summed E-state index contributed by atoms with van der Waals surface area (Å²) >= 11 is 0. The first-order valence-corrected chi connectivity index (χ1v) is 7.85. The Morgan fingerprint density at radius 2 is 2.18 bits per heavy atom. The van der Waals surface area contributed by atoms with Gasteiger partial charge in [-0.15, -0.1) is 0 Å². The van der Waals surface area contributed by atoms with Gasteiger partial charge in [-0.1, -0.05) is 6.07 Å². The number of nitrogens with one attached hydrogen (secondary N) is 4. The summed E-state index contributed by atoms with van der Waals surface area (Å²) in [5.74, 6) is 0.755. The Morgan fingerprint density at radius 1 is 1.36 bits per heavy atom. The third-order valence-electron chi connectivity index (χ3n) is 4.44. The largest absolute Gasteiger partial charge is 0.344 e. The number of rotatable bonds is 5. The predicted molar refractivity (Wildman–Crippen MR) is 83.4 cm³/mol. The van der Waals surface area contributed by atoms with Crippen molar-refractivity contribution in [2.45, 2.75) is 24.9 Å². The van der Waals surface area contributed by atoms with Gasteiger partial charge < -0.3 is 4.90 Å². The number of amides is 1. The first kappa shape index (κ1) is 15.4. The normalized spacial score (nSPS) is 25.5. The van der Waals surface area contributed by atoms with E-state index in [1.54, 1.807) is 6.20 Å². The second kappa shape index (κ2) is 7.15. The average Bonchev–Trinajstić information content (AvgIpc) is 3.24. The molecule has 7 heteroatoms. The molecule has 2 aliphatic heterocycles. The van der Waals surface area contributed by atoms with Crippen molar-refractivity contribution in [2.75, 3.05) is 26.7 Å². The average molecular weight is 304 g/mol. The summed E-state index contributed by atoms with van der Waals surface area (Å²) in [6.45, 7) is 2.76. The van der Waals surface area contributed by atoms with Crippen LogP contribution in [0, 0.1) is 5.92 Å². The van der Waals surface area contributed by atoms with Crippen LogP contribution in [-0.2, 0) is 4.79 Å². The third kappa shape index (κ3) is 3.61. The third-order valence-corrected chi connectivity index (χ3v) is 4.44.